The summed E-state index contributed by atoms with van der Waals surface area (Å²) in [6.07, 6.45) is 0. The van der Waals surface area contributed by atoms with Crippen LogP contribution in [0.4, 0.5) is 0 Å². The Kier molecular flexibility index (Phi) is 9.29. The molecule has 1 aliphatic heterocycles. The number of morpholine rings is 1. The van der Waals surface area contributed by atoms with Gasteiger partial charge in [-0.25, -0.2) is 10.0 Å². The van der Waals surface area contributed by atoms with E-state index in [4.69, 9.17) is 4.74 Å². The number of hydrogen-bond donors (Lipinski definition) is 1. The normalized spacial score (nSPS) is 17.8. The third-order valence-electron chi connectivity index (χ3n) is 2.16. The zero-order chi connectivity index (χ0) is 10.8. The predicted molar refractivity (Wildman–Crippen MR) is 60.3 cm³/mol. The molecule has 1 aliphatic rings. The standard InChI is InChI=1S/C8H19N3O.C2H6/c1-9-3-4-10(2)11-5-7-12-8-6-11;1-2/h9H,3-8H2,1-2H3;1-2H3. The Morgan fingerprint density at radius 3 is 2.36 bits per heavy atom. The highest BCUT2D eigenvalue weighted by Gasteiger charge is 2.13. The molecule has 4 nitrogen and oxygen atoms in total. The fourth-order valence-electron chi connectivity index (χ4n) is 1.31. The molecule has 1 saturated heterocycles. The maximum Gasteiger partial charge on any atom is 0.0608 e. The second-order valence-corrected chi connectivity index (χ2v) is 3.05. The SMILES string of the molecule is CC.CNCCN(C)N1CCOCC1. The Hall–Kier alpha value is -0.160. The largest absolute Gasteiger partial charge is 0.379 e. The molecule has 0 atom stereocenters. The molecule has 0 amide bonds. The van der Waals surface area contributed by atoms with Gasteiger partial charge in [-0.2, -0.15) is 0 Å². The Bertz CT molecular complexity index is 116. The monoisotopic (exact) mass is 203 g/mol. The van der Waals surface area contributed by atoms with E-state index in [0.717, 1.165) is 39.4 Å². The van der Waals surface area contributed by atoms with Crippen LogP contribution in [-0.4, -0.2) is 63.5 Å². The molecule has 0 aromatic rings. The van der Waals surface area contributed by atoms with Crippen LogP contribution in [0, 0.1) is 0 Å². The van der Waals surface area contributed by atoms with Crippen LogP contribution < -0.4 is 5.32 Å². The molecule has 1 N–H and O–H groups in total. The molecule has 1 heterocycles. The molecular weight excluding hydrogens is 178 g/mol. The first-order chi connectivity index (χ1) is 6.84. The quantitative estimate of drug-likeness (QED) is 0.716. The highest BCUT2D eigenvalue weighted by Crippen LogP contribution is 1.99. The van der Waals surface area contributed by atoms with Crippen molar-refractivity contribution in [1.82, 2.24) is 15.3 Å². The van der Waals surface area contributed by atoms with Gasteiger partial charge in [-0.05, 0) is 7.05 Å². The van der Waals surface area contributed by atoms with E-state index in [0.29, 0.717) is 0 Å². The fraction of sp³-hybridized carbons (Fsp3) is 1.00. The van der Waals surface area contributed by atoms with Crippen LogP contribution in [0.25, 0.3) is 0 Å². The van der Waals surface area contributed by atoms with Crippen LogP contribution in [-0.2, 0) is 4.74 Å². The molecule has 0 saturated carbocycles. The van der Waals surface area contributed by atoms with Gasteiger partial charge in [-0.3, -0.25) is 0 Å². The lowest BCUT2D eigenvalue weighted by Gasteiger charge is -2.34. The Labute approximate surface area is 88.2 Å². The minimum Gasteiger partial charge on any atom is -0.379 e. The van der Waals surface area contributed by atoms with Crippen molar-refractivity contribution in [2.45, 2.75) is 13.8 Å². The van der Waals surface area contributed by atoms with Gasteiger partial charge in [0.15, 0.2) is 0 Å². The van der Waals surface area contributed by atoms with Crippen molar-refractivity contribution in [3.8, 4) is 0 Å². The van der Waals surface area contributed by atoms with Crippen LogP contribution in [0.1, 0.15) is 13.8 Å². The number of nitrogens with zero attached hydrogens (tertiary/aromatic N) is 2. The first-order valence-electron chi connectivity index (χ1n) is 5.53. The summed E-state index contributed by atoms with van der Waals surface area (Å²) in [6, 6.07) is 0. The number of hydrogen-bond acceptors (Lipinski definition) is 4. The summed E-state index contributed by atoms with van der Waals surface area (Å²) >= 11 is 0. The topological polar surface area (TPSA) is 27.7 Å². The molecule has 0 radical (unpaired) electrons. The minimum atomic E-state index is 0.865. The van der Waals surface area contributed by atoms with Crippen molar-refractivity contribution in [1.29, 1.82) is 0 Å². The molecule has 14 heavy (non-hydrogen) atoms. The molecule has 0 bridgehead atoms. The summed E-state index contributed by atoms with van der Waals surface area (Å²) in [5, 5.41) is 7.74. The highest BCUT2D eigenvalue weighted by molar-refractivity contribution is 4.59. The Balaban J connectivity index is 0.000000791. The second-order valence-electron chi connectivity index (χ2n) is 3.05. The maximum atomic E-state index is 5.27. The molecule has 1 rings (SSSR count). The van der Waals surface area contributed by atoms with Crippen LogP contribution >= 0.6 is 0 Å². The lowest BCUT2D eigenvalue weighted by atomic mass is 10.5. The minimum absolute atomic E-state index is 0.865. The molecule has 1 fully saturated rings. The molecular formula is C10H25N3O. The van der Waals surface area contributed by atoms with E-state index in [1.807, 2.05) is 20.9 Å². The third kappa shape index (κ3) is 5.54. The lowest BCUT2D eigenvalue weighted by molar-refractivity contribution is -0.0744. The third-order valence-corrected chi connectivity index (χ3v) is 2.16. The van der Waals surface area contributed by atoms with Crippen molar-refractivity contribution in [3.63, 3.8) is 0 Å². The fourth-order valence-corrected chi connectivity index (χ4v) is 1.31. The van der Waals surface area contributed by atoms with Crippen molar-refractivity contribution in [3.05, 3.63) is 0 Å². The number of nitrogens with one attached hydrogen (secondary N) is 1. The lowest BCUT2D eigenvalue weighted by Crippen LogP contribution is -2.48. The molecule has 86 valence electrons. The zero-order valence-electron chi connectivity index (χ0n) is 10.0. The molecule has 0 spiro atoms. The Morgan fingerprint density at radius 1 is 1.29 bits per heavy atom. The summed E-state index contributed by atoms with van der Waals surface area (Å²) in [4.78, 5) is 0. The van der Waals surface area contributed by atoms with E-state index in [-0.39, 0.29) is 0 Å². The van der Waals surface area contributed by atoms with E-state index in [1.54, 1.807) is 0 Å². The van der Waals surface area contributed by atoms with E-state index in [1.165, 1.54) is 0 Å². The second kappa shape index (κ2) is 9.40. The smallest absolute Gasteiger partial charge is 0.0608 e. The van der Waals surface area contributed by atoms with Gasteiger partial charge in [-0.15, -0.1) is 0 Å². The van der Waals surface area contributed by atoms with Crippen molar-refractivity contribution in [2.24, 2.45) is 0 Å². The van der Waals surface area contributed by atoms with Crippen LogP contribution in [0.3, 0.4) is 0 Å². The van der Waals surface area contributed by atoms with Crippen molar-refractivity contribution < 1.29 is 4.74 Å². The van der Waals surface area contributed by atoms with Gasteiger partial charge >= 0.3 is 0 Å². The number of ether oxygens (including phenoxy) is 1. The zero-order valence-corrected chi connectivity index (χ0v) is 10.0. The number of hydrazine groups is 1. The van der Waals surface area contributed by atoms with Gasteiger partial charge in [-0.1, -0.05) is 13.8 Å². The molecule has 0 aromatic carbocycles. The Morgan fingerprint density at radius 2 is 1.86 bits per heavy atom. The van der Waals surface area contributed by atoms with Gasteiger partial charge in [0.25, 0.3) is 0 Å². The first kappa shape index (κ1) is 13.8. The highest BCUT2D eigenvalue weighted by atomic mass is 16.5. The summed E-state index contributed by atoms with van der Waals surface area (Å²) < 4.78 is 5.27. The predicted octanol–water partition coefficient (Wildman–Crippen LogP) is 0.411. The first-order valence-corrected chi connectivity index (χ1v) is 5.53. The summed E-state index contributed by atoms with van der Waals surface area (Å²) in [7, 11) is 4.11. The van der Waals surface area contributed by atoms with Crippen LogP contribution in [0.2, 0.25) is 0 Å². The maximum absolute atomic E-state index is 5.27. The molecule has 0 aliphatic carbocycles. The van der Waals surface area contributed by atoms with Gasteiger partial charge in [0.2, 0.25) is 0 Å². The molecule has 0 aromatic heterocycles. The average molecular weight is 203 g/mol. The molecule has 4 heteroatoms. The number of likely N-dealkylation sites (N-methyl/N-ethyl adjacent to an activating group) is 2. The van der Waals surface area contributed by atoms with E-state index in [9.17, 15) is 0 Å². The van der Waals surface area contributed by atoms with Gasteiger partial charge in [0.05, 0.1) is 13.2 Å². The summed E-state index contributed by atoms with van der Waals surface area (Å²) in [6.45, 7) is 9.89. The van der Waals surface area contributed by atoms with E-state index in [2.05, 4.69) is 22.4 Å². The number of rotatable bonds is 4. The summed E-state index contributed by atoms with van der Waals surface area (Å²) in [5.74, 6) is 0. The van der Waals surface area contributed by atoms with Crippen molar-refractivity contribution >= 4 is 0 Å². The van der Waals surface area contributed by atoms with Gasteiger partial charge in [0, 0.05) is 33.2 Å². The average Bonchev–Trinajstić information content (AvgIpc) is 2.30. The van der Waals surface area contributed by atoms with Crippen LogP contribution in [0.5, 0.6) is 0 Å². The van der Waals surface area contributed by atoms with Gasteiger partial charge < -0.3 is 10.1 Å². The van der Waals surface area contributed by atoms with Crippen molar-refractivity contribution in [2.75, 3.05) is 53.5 Å². The summed E-state index contributed by atoms with van der Waals surface area (Å²) in [5.41, 5.74) is 0. The van der Waals surface area contributed by atoms with Crippen LogP contribution in [0.15, 0.2) is 0 Å². The van der Waals surface area contributed by atoms with Gasteiger partial charge in [0.1, 0.15) is 0 Å². The van der Waals surface area contributed by atoms with E-state index < -0.39 is 0 Å². The molecule has 0 unspecified atom stereocenters. The van der Waals surface area contributed by atoms with E-state index >= 15 is 0 Å².